The van der Waals surface area contributed by atoms with Crippen molar-refractivity contribution >= 4 is 5.91 Å². The van der Waals surface area contributed by atoms with Crippen LogP contribution in [0.3, 0.4) is 0 Å². The number of amides is 1. The molecule has 1 heterocycles. The normalized spacial score (nSPS) is 27.4. The van der Waals surface area contributed by atoms with E-state index in [2.05, 4.69) is 17.1 Å². The third-order valence-corrected chi connectivity index (χ3v) is 4.77. The predicted octanol–water partition coefficient (Wildman–Crippen LogP) is 1.50. The molecule has 110 valence electrons. The van der Waals surface area contributed by atoms with Crippen molar-refractivity contribution < 1.29 is 4.79 Å². The summed E-state index contributed by atoms with van der Waals surface area (Å²) in [6.45, 7) is 6.45. The van der Waals surface area contributed by atoms with Gasteiger partial charge in [-0.3, -0.25) is 4.79 Å². The molecule has 0 aromatic heterocycles. The van der Waals surface area contributed by atoms with Crippen molar-refractivity contribution in [3.05, 3.63) is 0 Å². The average Bonchev–Trinajstić information content (AvgIpc) is 2.84. The fraction of sp³-hybridized carbons (Fsp3) is 0.933. The van der Waals surface area contributed by atoms with Crippen molar-refractivity contribution in [3.63, 3.8) is 0 Å². The maximum absolute atomic E-state index is 12.0. The Balaban J connectivity index is 1.67. The van der Waals surface area contributed by atoms with Gasteiger partial charge in [0.1, 0.15) is 0 Å². The topological polar surface area (TPSA) is 58.4 Å². The summed E-state index contributed by atoms with van der Waals surface area (Å²) in [5, 5.41) is 3.10. The van der Waals surface area contributed by atoms with Crippen LogP contribution in [0.1, 0.15) is 51.9 Å². The van der Waals surface area contributed by atoms with E-state index in [-0.39, 0.29) is 11.4 Å². The van der Waals surface area contributed by atoms with Crippen molar-refractivity contribution in [2.45, 2.75) is 57.4 Å². The van der Waals surface area contributed by atoms with Gasteiger partial charge in [-0.2, -0.15) is 0 Å². The molecule has 0 radical (unpaired) electrons. The molecule has 4 heteroatoms. The van der Waals surface area contributed by atoms with Gasteiger partial charge in [-0.05, 0) is 38.3 Å². The van der Waals surface area contributed by atoms with Gasteiger partial charge in [-0.15, -0.1) is 0 Å². The number of carbonyl (C=O) groups excluding carboxylic acids is 1. The zero-order valence-electron chi connectivity index (χ0n) is 12.3. The highest BCUT2D eigenvalue weighted by Crippen LogP contribution is 2.28. The Morgan fingerprint density at radius 1 is 1.37 bits per heavy atom. The zero-order valence-corrected chi connectivity index (χ0v) is 12.3. The van der Waals surface area contributed by atoms with Crippen LogP contribution in [-0.2, 0) is 4.79 Å². The van der Waals surface area contributed by atoms with Crippen LogP contribution < -0.4 is 11.1 Å². The van der Waals surface area contributed by atoms with Gasteiger partial charge in [0.2, 0.25) is 5.91 Å². The molecule has 1 saturated heterocycles. The summed E-state index contributed by atoms with van der Waals surface area (Å²) in [6, 6.07) is 0. The van der Waals surface area contributed by atoms with Crippen LogP contribution in [0.5, 0.6) is 0 Å². The molecule has 1 aliphatic heterocycles. The van der Waals surface area contributed by atoms with Crippen molar-refractivity contribution in [2.75, 3.05) is 26.2 Å². The second-order valence-electron chi connectivity index (χ2n) is 6.45. The molecule has 0 bridgehead atoms. The van der Waals surface area contributed by atoms with E-state index in [0.717, 1.165) is 32.5 Å². The average molecular weight is 267 g/mol. The monoisotopic (exact) mass is 267 g/mol. The van der Waals surface area contributed by atoms with Crippen LogP contribution in [-0.4, -0.2) is 42.5 Å². The Bertz CT molecular complexity index is 300. The third kappa shape index (κ3) is 4.46. The molecule has 1 amide bonds. The van der Waals surface area contributed by atoms with E-state index in [4.69, 9.17) is 5.73 Å². The highest BCUT2D eigenvalue weighted by atomic mass is 16.1. The van der Waals surface area contributed by atoms with E-state index >= 15 is 0 Å². The first-order chi connectivity index (χ1) is 9.11. The maximum atomic E-state index is 12.0. The van der Waals surface area contributed by atoms with Crippen molar-refractivity contribution in [3.8, 4) is 0 Å². The van der Waals surface area contributed by atoms with Gasteiger partial charge in [0, 0.05) is 25.0 Å². The highest BCUT2D eigenvalue weighted by Gasteiger charge is 2.30. The van der Waals surface area contributed by atoms with Crippen LogP contribution in [0.2, 0.25) is 0 Å². The van der Waals surface area contributed by atoms with E-state index < -0.39 is 0 Å². The Hall–Kier alpha value is -0.610. The van der Waals surface area contributed by atoms with E-state index in [0.29, 0.717) is 12.3 Å². The largest absolute Gasteiger partial charge is 0.356 e. The molecule has 19 heavy (non-hydrogen) atoms. The first-order valence-corrected chi connectivity index (χ1v) is 7.89. The Kier molecular flexibility index (Phi) is 5.22. The summed E-state index contributed by atoms with van der Waals surface area (Å²) in [5.41, 5.74) is 6.09. The van der Waals surface area contributed by atoms with E-state index in [1.165, 1.54) is 32.2 Å². The number of nitrogens with two attached hydrogens (primary N) is 1. The number of hydrogen-bond donors (Lipinski definition) is 2. The molecule has 4 nitrogen and oxygen atoms in total. The van der Waals surface area contributed by atoms with Crippen molar-refractivity contribution in [1.82, 2.24) is 10.2 Å². The lowest BCUT2D eigenvalue weighted by Gasteiger charge is -2.32. The predicted molar refractivity (Wildman–Crippen MR) is 77.9 cm³/mol. The van der Waals surface area contributed by atoms with Crippen LogP contribution in [0, 0.1) is 5.92 Å². The number of likely N-dealkylation sites (tertiary alicyclic amines) is 1. The summed E-state index contributed by atoms with van der Waals surface area (Å²) in [5.74, 6) is 0.781. The van der Waals surface area contributed by atoms with Crippen molar-refractivity contribution in [2.24, 2.45) is 11.7 Å². The van der Waals surface area contributed by atoms with Crippen LogP contribution in [0.4, 0.5) is 0 Å². The maximum Gasteiger partial charge on any atom is 0.221 e. The summed E-state index contributed by atoms with van der Waals surface area (Å²) >= 11 is 0. The summed E-state index contributed by atoms with van der Waals surface area (Å²) < 4.78 is 0. The van der Waals surface area contributed by atoms with E-state index in [1.807, 2.05) is 0 Å². The number of nitrogens with one attached hydrogen (secondary N) is 1. The second kappa shape index (κ2) is 6.71. The van der Waals surface area contributed by atoms with Gasteiger partial charge < -0.3 is 16.0 Å². The SMILES string of the molecule is CCN1CCC(CNC(=O)CC2(N)CCCCC2)C1. The molecule has 2 rings (SSSR count). The number of rotatable bonds is 5. The molecule has 0 spiro atoms. The summed E-state index contributed by atoms with van der Waals surface area (Å²) in [7, 11) is 0. The summed E-state index contributed by atoms with van der Waals surface area (Å²) in [4.78, 5) is 14.5. The first-order valence-electron chi connectivity index (χ1n) is 7.89. The number of carbonyl (C=O) groups is 1. The summed E-state index contributed by atoms with van der Waals surface area (Å²) in [6.07, 6.45) is 7.37. The fourth-order valence-corrected chi connectivity index (χ4v) is 3.44. The van der Waals surface area contributed by atoms with E-state index in [9.17, 15) is 4.79 Å². The molecule has 1 saturated carbocycles. The van der Waals surface area contributed by atoms with Gasteiger partial charge >= 0.3 is 0 Å². The smallest absolute Gasteiger partial charge is 0.221 e. The molecule has 0 aromatic rings. The lowest BCUT2D eigenvalue weighted by Crippen LogP contribution is -2.46. The van der Waals surface area contributed by atoms with Gasteiger partial charge in [0.15, 0.2) is 0 Å². The van der Waals surface area contributed by atoms with E-state index in [1.54, 1.807) is 0 Å². The van der Waals surface area contributed by atoms with Gasteiger partial charge in [0.25, 0.3) is 0 Å². The highest BCUT2D eigenvalue weighted by molar-refractivity contribution is 5.77. The molecular weight excluding hydrogens is 238 g/mol. The van der Waals surface area contributed by atoms with Gasteiger partial charge in [0.05, 0.1) is 0 Å². The minimum atomic E-state index is -0.229. The Labute approximate surface area is 117 Å². The zero-order chi connectivity index (χ0) is 13.7. The Morgan fingerprint density at radius 2 is 2.11 bits per heavy atom. The van der Waals surface area contributed by atoms with Crippen molar-refractivity contribution in [1.29, 1.82) is 0 Å². The molecule has 3 N–H and O–H groups in total. The van der Waals surface area contributed by atoms with Crippen LogP contribution >= 0.6 is 0 Å². The van der Waals surface area contributed by atoms with Gasteiger partial charge in [-0.1, -0.05) is 26.2 Å². The second-order valence-corrected chi connectivity index (χ2v) is 6.45. The minimum absolute atomic E-state index is 0.152. The quantitative estimate of drug-likeness (QED) is 0.793. The minimum Gasteiger partial charge on any atom is -0.356 e. The van der Waals surface area contributed by atoms with Gasteiger partial charge in [-0.25, -0.2) is 0 Å². The van der Waals surface area contributed by atoms with Crippen LogP contribution in [0.15, 0.2) is 0 Å². The lowest BCUT2D eigenvalue weighted by molar-refractivity contribution is -0.122. The number of nitrogens with zero attached hydrogens (tertiary/aromatic N) is 1. The molecule has 2 fully saturated rings. The first kappa shape index (κ1) is 14.8. The molecule has 1 atom stereocenters. The van der Waals surface area contributed by atoms with Crippen LogP contribution in [0.25, 0.3) is 0 Å². The lowest BCUT2D eigenvalue weighted by atomic mass is 9.80. The molecule has 1 unspecified atom stereocenters. The fourth-order valence-electron chi connectivity index (χ4n) is 3.44. The third-order valence-electron chi connectivity index (χ3n) is 4.77. The molecule has 2 aliphatic rings. The molecule has 0 aromatic carbocycles. The standard InChI is InChI=1S/C15H29N3O/c1-2-18-9-6-13(12-18)11-17-14(19)10-15(16)7-4-3-5-8-15/h13H,2-12,16H2,1H3,(H,17,19). The Morgan fingerprint density at radius 3 is 2.74 bits per heavy atom. The molecule has 1 aliphatic carbocycles. The molecular formula is C15H29N3O. The number of hydrogen-bond acceptors (Lipinski definition) is 3.